The maximum atomic E-state index is 12.0. The van der Waals surface area contributed by atoms with E-state index in [2.05, 4.69) is 10.4 Å². The van der Waals surface area contributed by atoms with E-state index in [0.717, 1.165) is 5.56 Å². The first kappa shape index (κ1) is 15.2. The minimum Gasteiger partial charge on any atom is -0.313 e. The molecular weight excluding hydrogens is 250 g/mol. The number of nitrogens with one attached hydrogen (secondary N) is 1. The zero-order valence-corrected chi connectivity index (χ0v) is 12.6. The van der Waals surface area contributed by atoms with Gasteiger partial charge in [-0.05, 0) is 34.7 Å². The second-order valence-electron chi connectivity index (χ2n) is 5.48. The van der Waals surface area contributed by atoms with Crippen LogP contribution < -0.4 is 5.32 Å². The molecule has 1 aromatic heterocycles. The molecule has 104 valence electrons. The molecule has 1 unspecified atom stereocenters. The van der Waals surface area contributed by atoms with Crippen LogP contribution in [-0.4, -0.2) is 35.7 Å². The molecule has 1 heterocycles. The van der Waals surface area contributed by atoms with E-state index in [9.17, 15) is 8.42 Å². The fourth-order valence-electron chi connectivity index (χ4n) is 1.41. The Labute approximate surface area is 109 Å². The summed E-state index contributed by atoms with van der Waals surface area (Å²) in [6, 6.07) is 0.220. The van der Waals surface area contributed by atoms with Crippen LogP contribution in [0.5, 0.6) is 0 Å². The summed E-state index contributed by atoms with van der Waals surface area (Å²) in [7, 11) is -1.21. The number of sulfone groups is 1. The zero-order valence-electron chi connectivity index (χ0n) is 11.8. The van der Waals surface area contributed by atoms with Crippen LogP contribution in [-0.2, 0) is 16.4 Å². The van der Waals surface area contributed by atoms with Gasteiger partial charge in [0.25, 0.3) is 0 Å². The molecule has 6 heteroatoms. The third-order valence-electron chi connectivity index (χ3n) is 3.11. The lowest BCUT2D eigenvalue weighted by Crippen LogP contribution is -2.32. The highest BCUT2D eigenvalue weighted by Gasteiger charge is 2.28. The Balaban J connectivity index is 2.68. The predicted octanol–water partition coefficient (Wildman–Crippen LogP) is 1.38. The van der Waals surface area contributed by atoms with Crippen molar-refractivity contribution in [3.05, 3.63) is 18.0 Å². The highest BCUT2D eigenvalue weighted by Crippen LogP contribution is 2.16. The Morgan fingerprint density at radius 3 is 2.56 bits per heavy atom. The average Bonchev–Trinajstić information content (AvgIpc) is 2.72. The van der Waals surface area contributed by atoms with E-state index in [1.165, 1.54) is 0 Å². The van der Waals surface area contributed by atoms with Crippen molar-refractivity contribution in [1.82, 2.24) is 15.1 Å². The first-order valence-electron chi connectivity index (χ1n) is 6.09. The number of hydrogen-bond acceptors (Lipinski definition) is 4. The van der Waals surface area contributed by atoms with Crippen molar-refractivity contribution < 1.29 is 8.42 Å². The van der Waals surface area contributed by atoms with Crippen LogP contribution in [0.15, 0.2) is 12.4 Å². The van der Waals surface area contributed by atoms with Gasteiger partial charge >= 0.3 is 0 Å². The van der Waals surface area contributed by atoms with Gasteiger partial charge in [0, 0.05) is 17.8 Å². The highest BCUT2D eigenvalue weighted by molar-refractivity contribution is 7.92. The summed E-state index contributed by atoms with van der Waals surface area (Å²) in [6.07, 6.45) is 3.66. The smallest absolute Gasteiger partial charge is 0.157 e. The molecule has 0 fully saturated rings. The average molecular weight is 273 g/mol. The minimum absolute atomic E-state index is 0.117. The minimum atomic E-state index is -3.09. The Bertz CT molecular complexity index is 486. The Morgan fingerprint density at radius 1 is 1.44 bits per heavy atom. The van der Waals surface area contributed by atoms with Gasteiger partial charge in [0.2, 0.25) is 0 Å². The highest BCUT2D eigenvalue weighted by atomic mass is 32.2. The van der Waals surface area contributed by atoms with Crippen molar-refractivity contribution in [2.75, 3.05) is 12.8 Å². The summed E-state index contributed by atoms with van der Waals surface area (Å²) in [6.45, 7) is 7.60. The van der Waals surface area contributed by atoms with Crippen LogP contribution in [0.3, 0.4) is 0 Å². The molecule has 1 N–H and O–H groups in total. The van der Waals surface area contributed by atoms with Gasteiger partial charge in [-0.15, -0.1) is 0 Å². The number of hydrogen-bond donors (Lipinski definition) is 1. The van der Waals surface area contributed by atoms with Crippen LogP contribution in [0.25, 0.3) is 0 Å². The summed E-state index contributed by atoms with van der Waals surface area (Å²) in [4.78, 5) is 0. The summed E-state index contributed by atoms with van der Waals surface area (Å²) >= 11 is 0. The third-order valence-corrected chi connectivity index (χ3v) is 5.69. The van der Waals surface area contributed by atoms with E-state index in [4.69, 9.17) is 0 Å². The predicted molar refractivity (Wildman–Crippen MR) is 73.2 cm³/mol. The lowest BCUT2D eigenvalue weighted by atomic mass is 10.2. The first-order valence-corrected chi connectivity index (χ1v) is 7.74. The summed E-state index contributed by atoms with van der Waals surface area (Å²) < 4.78 is 24.9. The van der Waals surface area contributed by atoms with Crippen LogP contribution in [0.1, 0.15) is 39.3 Å². The van der Waals surface area contributed by atoms with Crippen molar-refractivity contribution in [1.29, 1.82) is 0 Å². The Kier molecular flexibility index (Phi) is 4.55. The van der Waals surface area contributed by atoms with Gasteiger partial charge in [0.1, 0.15) is 0 Å². The van der Waals surface area contributed by atoms with Gasteiger partial charge in [-0.2, -0.15) is 5.10 Å². The summed E-state index contributed by atoms with van der Waals surface area (Å²) in [5.74, 6) is 0.117. The van der Waals surface area contributed by atoms with Gasteiger partial charge in [0.05, 0.1) is 23.2 Å². The van der Waals surface area contributed by atoms with Crippen molar-refractivity contribution in [2.45, 2.75) is 45.0 Å². The molecule has 0 bridgehead atoms. The van der Waals surface area contributed by atoms with Crippen LogP contribution >= 0.6 is 0 Å². The topological polar surface area (TPSA) is 64.0 Å². The molecule has 0 aliphatic heterocycles. The lowest BCUT2D eigenvalue weighted by molar-refractivity contribution is 0.548. The van der Waals surface area contributed by atoms with Crippen molar-refractivity contribution in [3.63, 3.8) is 0 Å². The van der Waals surface area contributed by atoms with Gasteiger partial charge in [0.15, 0.2) is 9.84 Å². The van der Waals surface area contributed by atoms with Gasteiger partial charge < -0.3 is 5.32 Å². The van der Waals surface area contributed by atoms with E-state index in [1.54, 1.807) is 31.6 Å². The molecule has 1 aromatic rings. The van der Waals surface area contributed by atoms with Crippen LogP contribution in [0, 0.1) is 0 Å². The molecule has 0 radical (unpaired) electrons. The van der Waals surface area contributed by atoms with Crippen LogP contribution in [0.2, 0.25) is 0 Å². The molecular formula is C12H23N3O2S. The van der Waals surface area contributed by atoms with E-state index in [-0.39, 0.29) is 11.8 Å². The first-order chi connectivity index (χ1) is 8.17. The molecule has 5 nitrogen and oxygen atoms in total. The van der Waals surface area contributed by atoms with Crippen molar-refractivity contribution in [3.8, 4) is 0 Å². The molecule has 0 saturated carbocycles. The third kappa shape index (κ3) is 3.55. The number of aryl methyl sites for hydroxylation is 1. The second kappa shape index (κ2) is 5.40. The van der Waals surface area contributed by atoms with E-state index in [1.807, 2.05) is 20.2 Å². The maximum absolute atomic E-state index is 12.0. The molecule has 0 aromatic carbocycles. The zero-order chi connectivity index (χ0) is 14.0. The number of rotatable bonds is 5. The quantitative estimate of drug-likeness (QED) is 0.880. The Morgan fingerprint density at radius 2 is 2.06 bits per heavy atom. The number of nitrogens with zero attached hydrogens (tertiary/aromatic N) is 2. The van der Waals surface area contributed by atoms with Crippen LogP contribution in [0.4, 0.5) is 0 Å². The largest absolute Gasteiger partial charge is 0.313 e. The normalized spacial score (nSPS) is 14.7. The SMILES string of the molecule is CNC(C)c1cnn(CCS(=O)(=O)C(C)(C)C)c1. The molecule has 0 aliphatic carbocycles. The van der Waals surface area contributed by atoms with E-state index in [0.29, 0.717) is 6.54 Å². The molecule has 0 spiro atoms. The lowest BCUT2D eigenvalue weighted by Gasteiger charge is -2.18. The summed E-state index contributed by atoms with van der Waals surface area (Å²) in [5.41, 5.74) is 1.06. The number of aromatic nitrogens is 2. The van der Waals surface area contributed by atoms with Gasteiger partial charge in [-0.3, -0.25) is 4.68 Å². The standard InChI is InChI=1S/C12H23N3O2S/c1-10(13-5)11-8-14-15(9-11)6-7-18(16,17)12(2,3)4/h8-10,13H,6-7H2,1-5H3. The second-order valence-corrected chi connectivity index (χ2v) is 8.34. The monoisotopic (exact) mass is 273 g/mol. The fourth-order valence-corrected chi connectivity index (χ4v) is 2.45. The molecule has 18 heavy (non-hydrogen) atoms. The molecule has 0 saturated heterocycles. The molecule has 0 amide bonds. The molecule has 1 rings (SSSR count). The van der Waals surface area contributed by atoms with Gasteiger partial charge in [-0.1, -0.05) is 0 Å². The molecule has 1 atom stereocenters. The van der Waals surface area contributed by atoms with Crippen molar-refractivity contribution >= 4 is 9.84 Å². The van der Waals surface area contributed by atoms with E-state index >= 15 is 0 Å². The fraction of sp³-hybridized carbons (Fsp3) is 0.750. The van der Waals surface area contributed by atoms with E-state index < -0.39 is 14.6 Å². The summed E-state index contributed by atoms with van der Waals surface area (Å²) in [5, 5.41) is 7.30. The molecule has 0 aliphatic rings. The van der Waals surface area contributed by atoms with Gasteiger partial charge in [-0.25, -0.2) is 8.42 Å². The maximum Gasteiger partial charge on any atom is 0.157 e. The Hall–Kier alpha value is -0.880. The van der Waals surface area contributed by atoms with Crippen molar-refractivity contribution in [2.24, 2.45) is 0 Å².